The predicted molar refractivity (Wildman–Crippen MR) is 102 cm³/mol. The second-order valence-electron chi connectivity index (χ2n) is 6.29. The lowest BCUT2D eigenvalue weighted by Crippen LogP contribution is -2.33. The summed E-state index contributed by atoms with van der Waals surface area (Å²) in [6.07, 6.45) is 3.42. The Morgan fingerprint density at radius 1 is 1.31 bits per heavy atom. The molecule has 1 saturated heterocycles. The number of carbonyl (C=O) groups is 1. The highest BCUT2D eigenvalue weighted by molar-refractivity contribution is 7.91. The molecule has 1 aromatic heterocycles. The number of hydrogen-bond donors (Lipinski definition) is 1. The lowest BCUT2D eigenvalue weighted by atomic mass is 10.2. The number of benzene rings is 1. The van der Waals surface area contributed by atoms with Crippen molar-refractivity contribution in [3.05, 3.63) is 46.9 Å². The van der Waals surface area contributed by atoms with Gasteiger partial charge in [0.1, 0.15) is 11.5 Å². The predicted octanol–water partition coefficient (Wildman–Crippen LogP) is 2.31. The van der Waals surface area contributed by atoms with E-state index >= 15 is 0 Å². The first-order valence-electron chi connectivity index (χ1n) is 8.08. The van der Waals surface area contributed by atoms with Crippen LogP contribution in [0.25, 0.3) is 0 Å². The third-order valence-corrected chi connectivity index (χ3v) is 6.66. The fourth-order valence-corrected chi connectivity index (χ4v) is 4.77. The zero-order chi connectivity index (χ0) is 18.9. The van der Waals surface area contributed by atoms with Gasteiger partial charge in [-0.3, -0.25) is 4.79 Å². The number of nitrogens with zero attached hydrogens (tertiary/aromatic N) is 3. The van der Waals surface area contributed by atoms with Gasteiger partial charge >= 0.3 is 0 Å². The average Bonchev–Trinajstić information content (AvgIpc) is 2.98. The number of carbonyl (C=O) groups excluding carboxylic acids is 1. The smallest absolute Gasteiger partial charge is 0.275 e. The SMILES string of the molecule is Cc1c(Cl)cccc1NC(=O)c1cnc(N(C)C2CCS(=O)(=O)C2)cn1. The Balaban J connectivity index is 1.71. The van der Waals surface area contributed by atoms with E-state index in [0.29, 0.717) is 22.9 Å². The molecule has 138 valence electrons. The largest absolute Gasteiger partial charge is 0.354 e. The minimum absolute atomic E-state index is 0.113. The van der Waals surface area contributed by atoms with E-state index in [1.807, 2.05) is 6.92 Å². The van der Waals surface area contributed by atoms with Gasteiger partial charge in [-0.2, -0.15) is 0 Å². The molecule has 2 heterocycles. The van der Waals surface area contributed by atoms with Crippen LogP contribution < -0.4 is 10.2 Å². The van der Waals surface area contributed by atoms with E-state index in [9.17, 15) is 13.2 Å². The van der Waals surface area contributed by atoms with Gasteiger partial charge in [-0.15, -0.1) is 0 Å². The Morgan fingerprint density at radius 2 is 2.08 bits per heavy atom. The van der Waals surface area contributed by atoms with Gasteiger partial charge in [-0.25, -0.2) is 18.4 Å². The summed E-state index contributed by atoms with van der Waals surface area (Å²) in [7, 11) is -1.19. The van der Waals surface area contributed by atoms with Crippen LogP contribution in [0.15, 0.2) is 30.6 Å². The van der Waals surface area contributed by atoms with Crippen LogP contribution in [0.2, 0.25) is 5.02 Å². The first kappa shape index (κ1) is 18.6. The van der Waals surface area contributed by atoms with Crippen LogP contribution in [0.1, 0.15) is 22.5 Å². The molecule has 1 fully saturated rings. The van der Waals surface area contributed by atoms with Crippen LogP contribution in [0.3, 0.4) is 0 Å². The van der Waals surface area contributed by atoms with Gasteiger partial charge in [0.05, 0.1) is 23.9 Å². The number of hydrogen-bond acceptors (Lipinski definition) is 6. The molecule has 9 heteroatoms. The van der Waals surface area contributed by atoms with Crippen molar-refractivity contribution in [2.75, 3.05) is 28.8 Å². The monoisotopic (exact) mass is 394 g/mol. The normalized spacial score (nSPS) is 18.5. The van der Waals surface area contributed by atoms with Gasteiger partial charge in [0.2, 0.25) is 0 Å². The van der Waals surface area contributed by atoms with Crippen molar-refractivity contribution >= 4 is 38.9 Å². The molecule has 1 aliphatic heterocycles. The molecule has 0 spiro atoms. The standard InChI is InChI=1S/C17H19ClN4O3S/c1-11-13(18)4-3-5-14(11)21-17(23)15-8-20-16(9-19-15)22(2)12-6-7-26(24,25)10-12/h3-5,8-9,12H,6-7,10H2,1-2H3,(H,21,23). The van der Waals surface area contributed by atoms with E-state index < -0.39 is 9.84 Å². The van der Waals surface area contributed by atoms with Crippen molar-refractivity contribution in [1.29, 1.82) is 0 Å². The molecule has 1 aromatic carbocycles. The molecule has 1 unspecified atom stereocenters. The summed E-state index contributed by atoms with van der Waals surface area (Å²) in [4.78, 5) is 22.6. The van der Waals surface area contributed by atoms with Crippen LogP contribution in [0.5, 0.6) is 0 Å². The Kier molecular flexibility index (Phi) is 5.15. The summed E-state index contributed by atoms with van der Waals surface area (Å²) in [5, 5.41) is 3.33. The highest BCUT2D eigenvalue weighted by Crippen LogP contribution is 2.24. The number of rotatable bonds is 4. The number of anilines is 2. The number of halogens is 1. The van der Waals surface area contributed by atoms with Crippen LogP contribution in [-0.2, 0) is 9.84 Å². The van der Waals surface area contributed by atoms with Gasteiger partial charge in [0, 0.05) is 23.8 Å². The molecule has 2 aromatic rings. The quantitative estimate of drug-likeness (QED) is 0.855. The molecule has 1 N–H and O–H groups in total. The highest BCUT2D eigenvalue weighted by Gasteiger charge is 2.31. The summed E-state index contributed by atoms with van der Waals surface area (Å²) < 4.78 is 23.2. The minimum atomic E-state index is -2.98. The first-order chi connectivity index (χ1) is 12.3. The Bertz CT molecular complexity index is 932. The summed E-state index contributed by atoms with van der Waals surface area (Å²) >= 11 is 6.05. The van der Waals surface area contributed by atoms with E-state index in [-0.39, 0.29) is 29.1 Å². The van der Waals surface area contributed by atoms with Crippen molar-refractivity contribution < 1.29 is 13.2 Å². The van der Waals surface area contributed by atoms with Crippen LogP contribution in [0, 0.1) is 6.92 Å². The van der Waals surface area contributed by atoms with E-state index in [4.69, 9.17) is 11.6 Å². The molecular weight excluding hydrogens is 376 g/mol. The fourth-order valence-electron chi connectivity index (χ4n) is 2.82. The lowest BCUT2D eigenvalue weighted by molar-refractivity contribution is 0.102. The molecule has 0 radical (unpaired) electrons. The minimum Gasteiger partial charge on any atom is -0.354 e. The van der Waals surface area contributed by atoms with Crippen molar-refractivity contribution in [2.45, 2.75) is 19.4 Å². The third-order valence-electron chi connectivity index (χ3n) is 4.50. The van der Waals surface area contributed by atoms with E-state index in [1.54, 1.807) is 30.1 Å². The molecule has 7 nitrogen and oxygen atoms in total. The maximum Gasteiger partial charge on any atom is 0.275 e. The first-order valence-corrected chi connectivity index (χ1v) is 10.3. The number of aromatic nitrogens is 2. The molecule has 0 saturated carbocycles. The molecular formula is C17H19ClN4O3S. The fraction of sp³-hybridized carbons (Fsp3) is 0.353. The third kappa shape index (κ3) is 3.96. The Labute approximate surface area is 157 Å². The molecule has 3 rings (SSSR count). The molecule has 0 bridgehead atoms. The summed E-state index contributed by atoms with van der Waals surface area (Å²) in [6, 6.07) is 5.14. The summed E-state index contributed by atoms with van der Waals surface area (Å²) in [6.45, 7) is 1.82. The van der Waals surface area contributed by atoms with E-state index in [1.165, 1.54) is 12.4 Å². The maximum absolute atomic E-state index is 12.4. The zero-order valence-corrected chi connectivity index (χ0v) is 16.0. The van der Waals surface area contributed by atoms with Crippen molar-refractivity contribution in [1.82, 2.24) is 9.97 Å². The summed E-state index contributed by atoms with van der Waals surface area (Å²) in [5.74, 6) is 0.444. The average molecular weight is 395 g/mol. The van der Waals surface area contributed by atoms with Gasteiger partial charge in [0.15, 0.2) is 9.84 Å². The lowest BCUT2D eigenvalue weighted by Gasteiger charge is -2.24. The Morgan fingerprint density at radius 3 is 2.69 bits per heavy atom. The summed E-state index contributed by atoms with van der Waals surface area (Å²) in [5.41, 5.74) is 1.55. The molecule has 1 atom stereocenters. The Hall–Kier alpha value is -2.19. The van der Waals surface area contributed by atoms with Gasteiger partial charge in [0.25, 0.3) is 5.91 Å². The number of sulfone groups is 1. The second kappa shape index (κ2) is 7.20. The van der Waals surface area contributed by atoms with Gasteiger partial charge in [-0.05, 0) is 31.0 Å². The van der Waals surface area contributed by atoms with Crippen LogP contribution in [-0.4, -0.2) is 48.9 Å². The second-order valence-corrected chi connectivity index (χ2v) is 8.93. The molecule has 1 aliphatic rings. The van der Waals surface area contributed by atoms with E-state index in [0.717, 1.165) is 5.56 Å². The molecule has 0 aliphatic carbocycles. The van der Waals surface area contributed by atoms with Crippen LogP contribution >= 0.6 is 11.6 Å². The number of nitrogens with one attached hydrogen (secondary N) is 1. The van der Waals surface area contributed by atoms with Crippen molar-refractivity contribution in [3.63, 3.8) is 0 Å². The maximum atomic E-state index is 12.4. The van der Waals surface area contributed by atoms with Gasteiger partial charge in [-0.1, -0.05) is 17.7 Å². The zero-order valence-electron chi connectivity index (χ0n) is 14.4. The molecule has 1 amide bonds. The topological polar surface area (TPSA) is 92.3 Å². The molecule has 26 heavy (non-hydrogen) atoms. The number of amides is 1. The van der Waals surface area contributed by atoms with Crippen molar-refractivity contribution in [2.24, 2.45) is 0 Å². The van der Waals surface area contributed by atoms with Crippen LogP contribution in [0.4, 0.5) is 11.5 Å². The van der Waals surface area contributed by atoms with Gasteiger partial charge < -0.3 is 10.2 Å². The highest BCUT2D eigenvalue weighted by atomic mass is 35.5. The van der Waals surface area contributed by atoms with Crippen molar-refractivity contribution in [3.8, 4) is 0 Å². The van der Waals surface area contributed by atoms with E-state index in [2.05, 4.69) is 15.3 Å².